The highest BCUT2D eigenvalue weighted by Gasteiger charge is 2.59. The third-order valence-electron chi connectivity index (χ3n) is 8.62. The maximum atomic E-state index is 14.7. The van der Waals surface area contributed by atoms with Crippen LogP contribution in [0.4, 0.5) is 4.39 Å². The highest BCUT2D eigenvalue weighted by Crippen LogP contribution is 2.61. The zero-order valence-electron chi connectivity index (χ0n) is 21.8. The Labute approximate surface area is 226 Å². The molecule has 1 heterocycles. The predicted octanol–water partition coefficient (Wildman–Crippen LogP) is 4.79. The van der Waals surface area contributed by atoms with Crippen molar-refractivity contribution in [3.63, 3.8) is 0 Å². The minimum atomic E-state index is -1.27. The first kappa shape index (κ1) is 25.8. The molecule has 3 aromatic rings. The molecule has 0 radical (unpaired) electrons. The molecule has 0 spiro atoms. The molecule has 0 aliphatic heterocycles. The number of halogens is 1. The van der Waals surface area contributed by atoms with Gasteiger partial charge < -0.3 is 24.8 Å². The lowest BCUT2D eigenvalue weighted by Crippen LogP contribution is -2.49. The normalized spacial score (nSPS) is 27.0. The van der Waals surface area contributed by atoms with E-state index in [2.05, 4.69) is 4.98 Å². The molecule has 3 aliphatic carbocycles. The van der Waals surface area contributed by atoms with Crippen LogP contribution in [0.1, 0.15) is 54.0 Å². The second kappa shape index (κ2) is 9.92. The molecular formula is C31H32FNO6. The number of aliphatic carboxylic acids is 1. The molecule has 8 heteroatoms. The van der Waals surface area contributed by atoms with Gasteiger partial charge in [-0.15, -0.1) is 0 Å². The lowest BCUT2D eigenvalue weighted by Gasteiger charge is -2.36. The van der Waals surface area contributed by atoms with Crippen LogP contribution in [0.5, 0.6) is 11.6 Å². The lowest BCUT2D eigenvalue weighted by atomic mass is 9.83. The van der Waals surface area contributed by atoms with Crippen LogP contribution in [0, 0.1) is 24.6 Å². The van der Waals surface area contributed by atoms with Gasteiger partial charge in [-0.3, -0.25) is 4.79 Å². The van der Waals surface area contributed by atoms with Crippen LogP contribution >= 0.6 is 0 Å². The van der Waals surface area contributed by atoms with Gasteiger partial charge >= 0.3 is 5.97 Å². The van der Waals surface area contributed by atoms with Crippen LogP contribution in [0.3, 0.4) is 0 Å². The van der Waals surface area contributed by atoms with Crippen LogP contribution in [0.15, 0.2) is 48.5 Å². The molecule has 0 amide bonds. The number of benzene rings is 2. The average Bonchev–Trinajstić information content (AvgIpc) is 3.51. The fraction of sp³-hybridized carbons (Fsp3) is 0.419. The number of hydrogen-bond acceptors (Lipinski definition) is 6. The minimum absolute atomic E-state index is 0.0257. The number of aryl methyl sites for hydroxylation is 1. The number of carboxylic acids is 1. The third-order valence-corrected chi connectivity index (χ3v) is 8.62. The Balaban J connectivity index is 1.12. The molecule has 0 saturated heterocycles. The van der Waals surface area contributed by atoms with Crippen LogP contribution in [0.2, 0.25) is 0 Å². The summed E-state index contributed by atoms with van der Waals surface area (Å²) in [6.45, 7) is 1.87. The van der Waals surface area contributed by atoms with E-state index >= 15 is 0 Å². The summed E-state index contributed by atoms with van der Waals surface area (Å²) in [6, 6.07) is 14.1. The van der Waals surface area contributed by atoms with Crippen molar-refractivity contribution in [2.45, 2.75) is 63.3 Å². The fourth-order valence-corrected chi connectivity index (χ4v) is 6.33. The van der Waals surface area contributed by atoms with E-state index < -0.39 is 17.7 Å². The summed E-state index contributed by atoms with van der Waals surface area (Å²) in [5.41, 5.74) is 3.66. The molecule has 0 bridgehead atoms. The van der Waals surface area contributed by atoms with E-state index in [1.807, 2.05) is 31.2 Å². The molecule has 1 aromatic heterocycles. The standard InChI is InChI=1S/C31H32FNO6/c1-17-22(8-10-27(33-17)39-16-31(37)11-3-2-4-26(31)34)18-5-9-25(32)20(12-18)15-38-21-6-7-23-19(13-21)14-24-28(23)29(24)30(35)36/h5-10,12-13,24,26,28-29,34,37H,2-4,11,14-16H2,1H3,(H,35,36)/t24-,26?,28+,29?,31?/m1/s1. The highest BCUT2D eigenvalue weighted by atomic mass is 19.1. The maximum absolute atomic E-state index is 14.7. The van der Waals surface area contributed by atoms with Gasteiger partial charge in [0.1, 0.15) is 30.4 Å². The summed E-state index contributed by atoms with van der Waals surface area (Å²) in [5.74, 6) is -0.0762. The molecular weight excluding hydrogens is 501 g/mol. The van der Waals surface area contributed by atoms with Gasteiger partial charge in [-0.05, 0) is 79.1 Å². The quantitative estimate of drug-likeness (QED) is 0.382. The Kier molecular flexibility index (Phi) is 6.55. The van der Waals surface area contributed by atoms with E-state index in [1.165, 1.54) is 6.07 Å². The van der Waals surface area contributed by atoms with Gasteiger partial charge in [0.25, 0.3) is 0 Å². The SMILES string of the molecule is Cc1nc(OCC2(O)CCCCC2O)ccc1-c1ccc(F)c(COc2ccc3c(c2)C[C@H]2C(C(=O)O)[C@@H]32)c1. The van der Waals surface area contributed by atoms with Gasteiger partial charge in [0, 0.05) is 28.8 Å². The van der Waals surface area contributed by atoms with Crippen molar-refractivity contribution in [3.8, 4) is 22.8 Å². The number of hydrogen-bond donors (Lipinski definition) is 3. The van der Waals surface area contributed by atoms with Gasteiger partial charge in [-0.2, -0.15) is 0 Å². The van der Waals surface area contributed by atoms with Crippen molar-refractivity contribution < 1.29 is 34.0 Å². The van der Waals surface area contributed by atoms with Crippen molar-refractivity contribution >= 4 is 5.97 Å². The molecule has 7 nitrogen and oxygen atoms in total. The summed E-state index contributed by atoms with van der Waals surface area (Å²) < 4.78 is 26.4. The number of fused-ring (bicyclic) bond motifs is 3. The van der Waals surface area contributed by atoms with Crippen molar-refractivity contribution in [2.75, 3.05) is 6.61 Å². The van der Waals surface area contributed by atoms with Gasteiger partial charge in [-0.1, -0.05) is 25.0 Å². The first-order valence-electron chi connectivity index (χ1n) is 13.5. The van der Waals surface area contributed by atoms with Crippen molar-refractivity contribution in [3.05, 3.63) is 76.7 Å². The Morgan fingerprint density at radius 1 is 1.13 bits per heavy atom. The van der Waals surface area contributed by atoms with Gasteiger partial charge in [0.2, 0.25) is 5.88 Å². The van der Waals surface area contributed by atoms with Gasteiger partial charge in [0.15, 0.2) is 0 Å². The summed E-state index contributed by atoms with van der Waals surface area (Å²) in [4.78, 5) is 15.9. The second-order valence-corrected chi connectivity index (χ2v) is 11.1. The molecule has 2 saturated carbocycles. The van der Waals surface area contributed by atoms with Crippen molar-refractivity contribution in [2.24, 2.45) is 11.8 Å². The lowest BCUT2D eigenvalue weighted by molar-refractivity contribution is -0.139. The maximum Gasteiger partial charge on any atom is 0.307 e. The van der Waals surface area contributed by atoms with Crippen molar-refractivity contribution in [1.82, 2.24) is 4.98 Å². The van der Waals surface area contributed by atoms with E-state index in [-0.39, 0.29) is 36.8 Å². The number of carboxylic acid groups (broad SMARTS) is 1. The van der Waals surface area contributed by atoms with E-state index in [0.717, 1.165) is 41.5 Å². The summed E-state index contributed by atoms with van der Waals surface area (Å²) in [6.07, 6.45) is 2.72. The average molecular weight is 534 g/mol. The molecule has 3 N–H and O–H groups in total. The number of aromatic nitrogens is 1. The zero-order valence-corrected chi connectivity index (χ0v) is 21.8. The number of aliphatic hydroxyl groups is 2. The summed E-state index contributed by atoms with van der Waals surface area (Å²) >= 11 is 0. The molecule has 39 heavy (non-hydrogen) atoms. The van der Waals surface area contributed by atoms with Gasteiger partial charge in [0.05, 0.1) is 12.0 Å². The number of pyridine rings is 1. The van der Waals surface area contributed by atoms with Crippen LogP contribution in [0.25, 0.3) is 11.1 Å². The fourth-order valence-electron chi connectivity index (χ4n) is 6.33. The first-order chi connectivity index (χ1) is 18.7. The van der Waals surface area contributed by atoms with E-state index in [9.17, 15) is 24.5 Å². The molecule has 204 valence electrons. The Morgan fingerprint density at radius 3 is 2.74 bits per heavy atom. The molecule has 5 atom stereocenters. The van der Waals surface area contributed by atoms with Gasteiger partial charge in [-0.25, -0.2) is 9.37 Å². The predicted molar refractivity (Wildman–Crippen MR) is 141 cm³/mol. The molecule has 2 aromatic carbocycles. The van der Waals surface area contributed by atoms with E-state index in [0.29, 0.717) is 35.7 Å². The number of aliphatic hydroxyl groups excluding tert-OH is 1. The monoisotopic (exact) mass is 533 g/mol. The summed E-state index contributed by atoms with van der Waals surface area (Å²) in [5, 5.41) is 30.2. The number of rotatable bonds is 8. The minimum Gasteiger partial charge on any atom is -0.489 e. The molecule has 3 aliphatic rings. The molecule has 6 rings (SSSR count). The van der Waals surface area contributed by atoms with E-state index in [1.54, 1.807) is 18.2 Å². The number of ether oxygens (including phenoxy) is 2. The van der Waals surface area contributed by atoms with Crippen LogP contribution in [-0.2, 0) is 17.8 Å². The highest BCUT2D eigenvalue weighted by molar-refractivity contribution is 5.78. The van der Waals surface area contributed by atoms with E-state index in [4.69, 9.17) is 9.47 Å². The number of carbonyl (C=O) groups is 1. The first-order valence-corrected chi connectivity index (χ1v) is 13.5. The Bertz CT molecular complexity index is 1430. The third kappa shape index (κ3) is 4.87. The Hall–Kier alpha value is -3.49. The zero-order chi connectivity index (χ0) is 27.3. The molecule has 3 unspecified atom stereocenters. The number of nitrogens with zero attached hydrogens (tertiary/aromatic N) is 1. The summed E-state index contributed by atoms with van der Waals surface area (Å²) in [7, 11) is 0. The van der Waals surface area contributed by atoms with Crippen molar-refractivity contribution in [1.29, 1.82) is 0 Å². The topological polar surface area (TPSA) is 109 Å². The molecule has 2 fully saturated rings. The smallest absolute Gasteiger partial charge is 0.307 e. The Morgan fingerprint density at radius 2 is 1.97 bits per heavy atom. The van der Waals surface area contributed by atoms with Crippen LogP contribution < -0.4 is 9.47 Å². The second-order valence-electron chi connectivity index (χ2n) is 11.1. The van der Waals surface area contributed by atoms with Crippen LogP contribution in [-0.4, -0.2) is 44.6 Å². The largest absolute Gasteiger partial charge is 0.489 e.